The highest BCUT2D eigenvalue weighted by atomic mass is 19.1. The Morgan fingerprint density at radius 2 is 1.83 bits per heavy atom. The summed E-state index contributed by atoms with van der Waals surface area (Å²) >= 11 is 0. The topological polar surface area (TPSA) is 117 Å². The third-order valence-electron chi connectivity index (χ3n) is 7.29. The summed E-state index contributed by atoms with van der Waals surface area (Å²) < 4.78 is 24.8. The minimum atomic E-state index is -1.64. The van der Waals surface area contributed by atoms with E-state index >= 15 is 0 Å². The van der Waals surface area contributed by atoms with Crippen LogP contribution >= 0.6 is 0 Å². The van der Waals surface area contributed by atoms with E-state index in [1.165, 1.54) is 39.3 Å². The van der Waals surface area contributed by atoms with Crippen LogP contribution in [0.3, 0.4) is 0 Å². The first-order valence-electron chi connectivity index (χ1n) is 11.4. The van der Waals surface area contributed by atoms with E-state index < -0.39 is 53.1 Å². The number of benzene rings is 2. The fourth-order valence-corrected chi connectivity index (χ4v) is 5.68. The van der Waals surface area contributed by atoms with Gasteiger partial charge < -0.3 is 19.9 Å². The van der Waals surface area contributed by atoms with Gasteiger partial charge in [0.05, 0.1) is 32.2 Å². The largest absolute Gasteiger partial charge is 0.493 e. The number of anilines is 1. The monoisotopic (exact) mass is 483 g/mol. The molecule has 3 unspecified atom stereocenters. The number of fused-ring (bicyclic) bond motifs is 4. The van der Waals surface area contributed by atoms with Crippen molar-refractivity contribution in [3.8, 4) is 11.5 Å². The molecule has 2 fully saturated rings. The molecule has 2 aromatic carbocycles. The molecule has 9 nitrogen and oxygen atoms in total. The third-order valence-corrected chi connectivity index (χ3v) is 7.29. The van der Waals surface area contributed by atoms with Crippen molar-refractivity contribution in [1.82, 2.24) is 10.2 Å². The minimum absolute atomic E-state index is 0.0837. The van der Waals surface area contributed by atoms with Gasteiger partial charge in [0.1, 0.15) is 11.4 Å². The Bertz CT molecular complexity index is 1230. The van der Waals surface area contributed by atoms with Gasteiger partial charge >= 0.3 is 0 Å². The predicted molar refractivity (Wildman–Crippen MR) is 122 cm³/mol. The van der Waals surface area contributed by atoms with E-state index in [0.29, 0.717) is 23.6 Å². The van der Waals surface area contributed by atoms with Crippen LogP contribution in [0.15, 0.2) is 36.4 Å². The van der Waals surface area contributed by atoms with Gasteiger partial charge in [-0.15, -0.1) is 0 Å². The number of amides is 3. The van der Waals surface area contributed by atoms with E-state index in [1.807, 2.05) is 6.07 Å². The van der Waals surface area contributed by atoms with Crippen molar-refractivity contribution < 1.29 is 33.4 Å². The number of hydrogen-bond donors (Lipinski definition) is 3. The van der Waals surface area contributed by atoms with Gasteiger partial charge in [-0.3, -0.25) is 24.6 Å². The summed E-state index contributed by atoms with van der Waals surface area (Å²) in [4.78, 5) is 41.6. The van der Waals surface area contributed by atoms with Gasteiger partial charge in [0.25, 0.3) is 0 Å². The van der Waals surface area contributed by atoms with Gasteiger partial charge in [0.2, 0.25) is 17.7 Å². The number of rotatable bonds is 6. The molecule has 0 aromatic heterocycles. The maximum absolute atomic E-state index is 14.2. The van der Waals surface area contributed by atoms with Crippen LogP contribution in [-0.4, -0.2) is 60.6 Å². The standard InChI is InChI=1S/C25H26FN3O6/c1-12(30)21-19-20(25(28-21)15-11-14(26)5-6-16(15)27-24(25)33)23(32)29(22(19)31)9-8-13-4-7-17(34-2)18(10-13)35-3/h4-7,10-12,19-21,28,30H,8-9H2,1-3H3,(H,27,33)/t12?,19-,20-,21?,25?/m1/s1. The van der Waals surface area contributed by atoms with E-state index in [-0.39, 0.29) is 12.1 Å². The third kappa shape index (κ3) is 3.31. The first kappa shape index (κ1) is 23.3. The Kier molecular flexibility index (Phi) is 5.52. The van der Waals surface area contributed by atoms with Crippen molar-refractivity contribution in [2.75, 3.05) is 26.1 Å². The van der Waals surface area contributed by atoms with Gasteiger partial charge in [-0.2, -0.15) is 0 Å². The molecular weight excluding hydrogens is 457 g/mol. The first-order valence-corrected chi connectivity index (χ1v) is 11.4. The van der Waals surface area contributed by atoms with E-state index in [0.717, 1.165) is 10.5 Å². The highest BCUT2D eigenvalue weighted by Gasteiger charge is 2.71. The number of carbonyl (C=O) groups excluding carboxylic acids is 3. The van der Waals surface area contributed by atoms with Crippen LogP contribution in [0.4, 0.5) is 10.1 Å². The van der Waals surface area contributed by atoms with Gasteiger partial charge in [0, 0.05) is 23.8 Å². The van der Waals surface area contributed by atoms with Gasteiger partial charge in [0.15, 0.2) is 11.5 Å². The number of imide groups is 1. The van der Waals surface area contributed by atoms with Gasteiger partial charge in [-0.1, -0.05) is 6.07 Å². The maximum atomic E-state index is 14.2. The number of nitrogens with zero attached hydrogens (tertiary/aromatic N) is 1. The summed E-state index contributed by atoms with van der Waals surface area (Å²) in [6, 6.07) is 8.32. The Balaban J connectivity index is 1.49. The number of halogens is 1. The molecule has 0 saturated carbocycles. The second kappa shape index (κ2) is 8.31. The average molecular weight is 483 g/mol. The summed E-state index contributed by atoms with van der Waals surface area (Å²) in [5.41, 5.74) is -0.179. The quantitative estimate of drug-likeness (QED) is 0.529. The van der Waals surface area contributed by atoms with Crippen molar-refractivity contribution >= 4 is 23.4 Å². The van der Waals surface area contributed by atoms with Crippen molar-refractivity contribution in [3.63, 3.8) is 0 Å². The molecule has 3 aliphatic heterocycles. The Hall–Kier alpha value is -3.50. The first-order chi connectivity index (χ1) is 16.7. The lowest BCUT2D eigenvalue weighted by Gasteiger charge is -2.30. The van der Waals surface area contributed by atoms with Crippen molar-refractivity contribution in [1.29, 1.82) is 0 Å². The fraction of sp³-hybridized carbons (Fsp3) is 0.400. The lowest BCUT2D eigenvalue weighted by atomic mass is 9.76. The highest BCUT2D eigenvalue weighted by Crippen LogP contribution is 2.53. The number of nitrogens with one attached hydrogen (secondary N) is 2. The molecule has 10 heteroatoms. The van der Waals surface area contributed by atoms with Crippen LogP contribution in [0.2, 0.25) is 0 Å². The van der Waals surface area contributed by atoms with Crippen LogP contribution in [0.1, 0.15) is 18.1 Å². The molecule has 0 radical (unpaired) electrons. The number of aliphatic hydroxyl groups is 1. The molecular formula is C25H26FN3O6. The summed E-state index contributed by atoms with van der Waals surface area (Å²) in [6.07, 6.45) is -0.677. The Morgan fingerprint density at radius 3 is 2.51 bits per heavy atom. The van der Waals surface area contributed by atoms with E-state index in [9.17, 15) is 23.9 Å². The number of hydrogen-bond acceptors (Lipinski definition) is 7. The zero-order valence-corrected chi connectivity index (χ0v) is 19.5. The molecule has 5 rings (SSSR count). The van der Waals surface area contributed by atoms with Crippen molar-refractivity contribution in [2.24, 2.45) is 11.8 Å². The average Bonchev–Trinajstić information content (AvgIpc) is 3.43. The highest BCUT2D eigenvalue weighted by molar-refractivity contribution is 6.15. The van der Waals surface area contributed by atoms with Crippen LogP contribution < -0.4 is 20.1 Å². The minimum Gasteiger partial charge on any atom is -0.493 e. The Labute approximate surface area is 201 Å². The van der Waals surface area contributed by atoms with Gasteiger partial charge in [-0.05, 0) is 49.2 Å². The zero-order valence-electron chi connectivity index (χ0n) is 19.5. The second-order valence-electron chi connectivity index (χ2n) is 9.13. The van der Waals surface area contributed by atoms with Crippen LogP contribution in [0.5, 0.6) is 11.5 Å². The van der Waals surface area contributed by atoms with Crippen LogP contribution in [0, 0.1) is 17.7 Å². The van der Waals surface area contributed by atoms with Crippen molar-refractivity contribution in [3.05, 3.63) is 53.3 Å². The van der Waals surface area contributed by atoms with Crippen molar-refractivity contribution in [2.45, 2.75) is 31.0 Å². The van der Waals surface area contributed by atoms with E-state index in [2.05, 4.69) is 10.6 Å². The summed E-state index contributed by atoms with van der Waals surface area (Å²) in [5, 5.41) is 16.2. The molecule has 0 aliphatic carbocycles. The van der Waals surface area contributed by atoms with E-state index in [1.54, 1.807) is 12.1 Å². The molecule has 1 spiro atoms. The normalized spacial score (nSPS) is 27.7. The molecule has 3 amide bonds. The smallest absolute Gasteiger partial charge is 0.250 e. The number of aliphatic hydroxyl groups excluding tert-OH is 1. The Morgan fingerprint density at radius 1 is 1.09 bits per heavy atom. The molecule has 2 aromatic rings. The van der Waals surface area contributed by atoms with E-state index in [4.69, 9.17) is 9.47 Å². The van der Waals surface area contributed by atoms with Crippen LogP contribution in [0.25, 0.3) is 0 Å². The molecule has 5 atom stereocenters. The summed E-state index contributed by atoms with van der Waals surface area (Å²) in [5.74, 6) is -3.09. The lowest BCUT2D eigenvalue weighted by molar-refractivity contribution is -0.143. The van der Waals surface area contributed by atoms with Gasteiger partial charge in [-0.25, -0.2) is 4.39 Å². The molecule has 35 heavy (non-hydrogen) atoms. The maximum Gasteiger partial charge on any atom is 0.250 e. The number of carbonyl (C=O) groups is 3. The second-order valence-corrected chi connectivity index (χ2v) is 9.13. The molecule has 2 saturated heterocycles. The molecule has 3 aliphatic rings. The SMILES string of the molecule is COc1ccc(CCN2C(=O)[C@H]3C(C(C)O)NC4(C(=O)Nc5ccc(F)cc54)[C@H]3C2=O)cc1OC. The molecule has 184 valence electrons. The predicted octanol–water partition coefficient (Wildman–Crippen LogP) is 1.19. The molecule has 3 heterocycles. The lowest BCUT2D eigenvalue weighted by Crippen LogP contribution is -2.55. The molecule has 0 bridgehead atoms. The fourth-order valence-electron chi connectivity index (χ4n) is 5.68. The summed E-state index contributed by atoms with van der Waals surface area (Å²) in [7, 11) is 3.05. The zero-order chi connectivity index (χ0) is 25.1. The molecule has 3 N–H and O–H groups in total. The number of likely N-dealkylation sites (tertiary alicyclic amines) is 1. The summed E-state index contributed by atoms with van der Waals surface area (Å²) in [6.45, 7) is 1.58. The number of methoxy groups -OCH3 is 2. The number of ether oxygens (including phenoxy) is 2. The van der Waals surface area contributed by atoms with Crippen LogP contribution in [-0.2, 0) is 26.3 Å².